The lowest BCUT2D eigenvalue weighted by Crippen LogP contribution is -2.22. The summed E-state index contributed by atoms with van der Waals surface area (Å²) in [6.45, 7) is 5.89. The van der Waals surface area contributed by atoms with Crippen molar-refractivity contribution < 1.29 is 9.47 Å². The summed E-state index contributed by atoms with van der Waals surface area (Å²) in [6.07, 6.45) is 0. The van der Waals surface area contributed by atoms with Gasteiger partial charge in [0.2, 0.25) is 0 Å². The predicted molar refractivity (Wildman–Crippen MR) is 40.5 cm³/mol. The van der Waals surface area contributed by atoms with E-state index in [4.69, 9.17) is 9.47 Å². The van der Waals surface area contributed by atoms with E-state index in [9.17, 15) is 0 Å². The second-order valence-electron chi connectivity index (χ2n) is 2.44. The topological polar surface area (TPSA) is 18.5 Å². The molecule has 58 valence electrons. The van der Waals surface area contributed by atoms with Gasteiger partial charge in [-0.1, -0.05) is 5.92 Å². The Morgan fingerprint density at radius 3 is 2.40 bits per heavy atom. The van der Waals surface area contributed by atoms with Crippen molar-refractivity contribution in [1.82, 2.24) is 0 Å². The zero-order valence-corrected chi connectivity index (χ0v) is 7.02. The molecule has 0 aromatic heterocycles. The summed E-state index contributed by atoms with van der Waals surface area (Å²) in [5, 5.41) is 0. The molecule has 0 aliphatic heterocycles. The van der Waals surface area contributed by atoms with E-state index < -0.39 is 0 Å². The van der Waals surface area contributed by atoms with Crippen LogP contribution in [0.3, 0.4) is 0 Å². The van der Waals surface area contributed by atoms with Crippen molar-refractivity contribution in [2.24, 2.45) is 0 Å². The molecule has 0 radical (unpaired) electrons. The third kappa shape index (κ3) is 4.37. The largest absolute Gasteiger partial charge is 0.359 e. The fourth-order valence-corrected chi connectivity index (χ4v) is 0.543. The molecule has 0 aromatic carbocycles. The Bertz CT molecular complexity index is 139. The molecule has 10 heavy (non-hydrogen) atoms. The molecule has 2 heteroatoms. The van der Waals surface area contributed by atoms with Crippen LogP contribution in [-0.4, -0.2) is 19.5 Å². The smallest absolute Gasteiger partial charge is 0.148 e. The highest BCUT2D eigenvalue weighted by molar-refractivity contribution is 5.08. The maximum absolute atomic E-state index is 5.22. The standard InChI is InChI=1S/C8H14O2/c1-5-6-8(2,3)10-7-9-4/h7H2,1-4H3. The van der Waals surface area contributed by atoms with Gasteiger partial charge in [0.25, 0.3) is 0 Å². The first-order valence-electron chi connectivity index (χ1n) is 3.19. The molecule has 0 saturated heterocycles. The molecular formula is C8H14O2. The Morgan fingerprint density at radius 1 is 1.40 bits per heavy atom. The lowest BCUT2D eigenvalue weighted by atomic mass is 10.1. The van der Waals surface area contributed by atoms with Crippen molar-refractivity contribution in [2.75, 3.05) is 13.9 Å². The van der Waals surface area contributed by atoms with E-state index in [1.807, 2.05) is 13.8 Å². The fourth-order valence-electron chi connectivity index (χ4n) is 0.543. The zero-order valence-electron chi connectivity index (χ0n) is 7.02. The normalized spacial score (nSPS) is 10.4. The molecule has 0 N–H and O–H groups in total. The average Bonchev–Trinajstić information content (AvgIpc) is 1.84. The molecular weight excluding hydrogens is 128 g/mol. The lowest BCUT2D eigenvalue weighted by Gasteiger charge is -2.17. The first kappa shape index (κ1) is 9.48. The first-order valence-corrected chi connectivity index (χ1v) is 3.19. The molecule has 0 heterocycles. The summed E-state index contributed by atoms with van der Waals surface area (Å²) < 4.78 is 9.96. The Morgan fingerprint density at radius 2 is 2.00 bits per heavy atom. The van der Waals surface area contributed by atoms with Crippen LogP contribution < -0.4 is 0 Å². The van der Waals surface area contributed by atoms with Crippen molar-refractivity contribution >= 4 is 0 Å². The first-order chi connectivity index (χ1) is 4.62. The van der Waals surface area contributed by atoms with Gasteiger partial charge in [-0.15, -0.1) is 5.92 Å². The van der Waals surface area contributed by atoms with Crippen LogP contribution in [0.1, 0.15) is 20.8 Å². The summed E-state index contributed by atoms with van der Waals surface area (Å²) in [6, 6.07) is 0. The number of hydrogen-bond donors (Lipinski definition) is 0. The average molecular weight is 142 g/mol. The summed E-state index contributed by atoms with van der Waals surface area (Å²) in [5.41, 5.74) is -0.384. The lowest BCUT2D eigenvalue weighted by molar-refractivity contribution is -0.0877. The minimum Gasteiger partial charge on any atom is -0.359 e. The zero-order chi connectivity index (χ0) is 8.04. The molecule has 0 aliphatic carbocycles. The summed E-state index contributed by atoms with van der Waals surface area (Å²) in [4.78, 5) is 0. The van der Waals surface area contributed by atoms with Crippen LogP contribution in [0.2, 0.25) is 0 Å². The molecule has 0 spiro atoms. The Hall–Kier alpha value is -0.520. The molecule has 0 aliphatic rings. The van der Waals surface area contributed by atoms with Crippen molar-refractivity contribution in [1.29, 1.82) is 0 Å². The molecule has 0 bridgehead atoms. The minimum atomic E-state index is -0.384. The van der Waals surface area contributed by atoms with Gasteiger partial charge in [0.1, 0.15) is 12.4 Å². The van der Waals surface area contributed by atoms with E-state index >= 15 is 0 Å². The van der Waals surface area contributed by atoms with Crippen LogP contribution in [0.25, 0.3) is 0 Å². The number of rotatable bonds is 3. The highest BCUT2D eigenvalue weighted by Crippen LogP contribution is 2.05. The van der Waals surface area contributed by atoms with Crippen LogP contribution in [0, 0.1) is 11.8 Å². The van der Waals surface area contributed by atoms with E-state index in [-0.39, 0.29) is 5.60 Å². The van der Waals surface area contributed by atoms with Crippen molar-refractivity contribution in [3.8, 4) is 11.8 Å². The van der Waals surface area contributed by atoms with Gasteiger partial charge in [0.15, 0.2) is 0 Å². The number of ether oxygens (including phenoxy) is 2. The van der Waals surface area contributed by atoms with Gasteiger partial charge in [-0.05, 0) is 20.8 Å². The monoisotopic (exact) mass is 142 g/mol. The SMILES string of the molecule is CC#CC(C)(C)OCOC. The van der Waals surface area contributed by atoms with Crippen LogP contribution in [0.4, 0.5) is 0 Å². The van der Waals surface area contributed by atoms with Crippen LogP contribution in [0.5, 0.6) is 0 Å². The van der Waals surface area contributed by atoms with Gasteiger partial charge in [0, 0.05) is 7.11 Å². The number of methoxy groups -OCH3 is 1. The Kier molecular flexibility index (Phi) is 4.10. The van der Waals surface area contributed by atoms with E-state index in [1.54, 1.807) is 14.0 Å². The maximum Gasteiger partial charge on any atom is 0.148 e. The van der Waals surface area contributed by atoms with Gasteiger partial charge in [0.05, 0.1) is 0 Å². The summed E-state index contributed by atoms with van der Waals surface area (Å²) >= 11 is 0. The van der Waals surface area contributed by atoms with Gasteiger partial charge >= 0.3 is 0 Å². The third-order valence-electron chi connectivity index (χ3n) is 0.964. The van der Waals surface area contributed by atoms with E-state index in [0.29, 0.717) is 6.79 Å². The number of hydrogen-bond acceptors (Lipinski definition) is 2. The summed E-state index contributed by atoms with van der Waals surface area (Å²) in [7, 11) is 1.59. The molecule has 2 nitrogen and oxygen atoms in total. The highest BCUT2D eigenvalue weighted by atomic mass is 16.7. The second kappa shape index (κ2) is 4.32. The van der Waals surface area contributed by atoms with Crippen molar-refractivity contribution in [2.45, 2.75) is 26.4 Å². The van der Waals surface area contributed by atoms with Crippen molar-refractivity contribution in [3.05, 3.63) is 0 Å². The molecule has 0 saturated carbocycles. The maximum atomic E-state index is 5.22. The molecule has 0 fully saturated rings. The van der Waals surface area contributed by atoms with Crippen molar-refractivity contribution in [3.63, 3.8) is 0 Å². The fraction of sp³-hybridized carbons (Fsp3) is 0.750. The van der Waals surface area contributed by atoms with E-state index in [1.165, 1.54) is 0 Å². The van der Waals surface area contributed by atoms with Crippen LogP contribution >= 0.6 is 0 Å². The van der Waals surface area contributed by atoms with E-state index in [2.05, 4.69) is 11.8 Å². The minimum absolute atomic E-state index is 0.293. The van der Waals surface area contributed by atoms with Gasteiger partial charge in [-0.2, -0.15) is 0 Å². The quantitative estimate of drug-likeness (QED) is 0.438. The van der Waals surface area contributed by atoms with Crippen LogP contribution in [0.15, 0.2) is 0 Å². The Balaban J connectivity index is 3.71. The highest BCUT2D eigenvalue weighted by Gasteiger charge is 2.12. The third-order valence-corrected chi connectivity index (χ3v) is 0.964. The van der Waals surface area contributed by atoms with Gasteiger partial charge in [-0.25, -0.2) is 0 Å². The molecule has 0 atom stereocenters. The summed E-state index contributed by atoms with van der Waals surface area (Å²) in [5.74, 6) is 5.69. The van der Waals surface area contributed by atoms with Crippen LogP contribution in [-0.2, 0) is 9.47 Å². The van der Waals surface area contributed by atoms with Gasteiger partial charge < -0.3 is 9.47 Å². The molecule has 0 rings (SSSR count). The molecule has 0 unspecified atom stereocenters. The van der Waals surface area contributed by atoms with Gasteiger partial charge in [-0.3, -0.25) is 0 Å². The Labute approximate surface area is 62.5 Å². The predicted octanol–water partition coefficient (Wildman–Crippen LogP) is 1.41. The second-order valence-corrected chi connectivity index (χ2v) is 2.44. The van der Waals surface area contributed by atoms with E-state index in [0.717, 1.165) is 0 Å². The molecule has 0 aromatic rings. The molecule has 0 amide bonds.